The molecule has 0 radical (unpaired) electrons. The summed E-state index contributed by atoms with van der Waals surface area (Å²) in [5.74, 6) is 3.00. The van der Waals surface area contributed by atoms with Gasteiger partial charge in [-0.1, -0.05) is 6.58 Å². The maximum atomic E-state index is 8.66. The van der Waals surface area contributed by atoms with Crippen LogP contribution < -0.4 is 0 Å². The van der Waals surface area contributed by atoms with Gasteiger partial charge in [0.1, 0.15) is 0 Å². The quantitative estimate of drug-likeness (QED) is 0.583. The van der Waals surface area contributed by atoms with Gasteiger partial charge in [-0.2, -0.15) is 11.8 Å². The summed E-state index contributed by atoms with van der Waals surface area (Å²) in [6.07, 6.45) is 2.33. The van der Waals surface area contributed by atoms with Crippen molar-refractivity contribution in [2.24, 2.45) is 0 Å². The number of rotatable bonds is 9. The van der Waals surface area contributed by atoms with Gasteiger partial charge in [-0.3, -0.25) is 0 Å². The Balaban J connectivity index is 2.95. The van der Waals surface area contributed by atoms with E-state index in [1.165, 1.54) is 6.42 Å². The summed E-state index contributed by atoms with van der Waals surface area (Å²) >= 11 is 3.42. The van der Waals surface area contributed by atoms with Crippen LogP contribution in [0.4, 0.5) is 0 Å². The van der Waals surface area contributed by atoms with Crippen molar-refractivity contribution in [3.05, 3.63) is 11.5 Å². The highest BCUT2D eigenvalue weighted by molar-refractivity contribution is 8.03. The Morgan fingerprint density at radius 3 is 2.38 bits per heavy atom. The fraction of sp³-hybridized carbons (Fsp3) is 0.778. The van der Waals surface area contributed by atoms with Gasteiger partial charge in [0.05, 0.1) is 13.2 Å². The Morgan fingerprint density at radius 2 is 1.77 bits per heavy atom. The Labute approximate surface area is 88.8 Å². The zero-order valence-corrected chi connectivity index (χ0v) is 9.50. The van der Waals surface area contributed by atoms with Crippen molar-refractivity contribution in [1.82, 2.24) is 0 Å². The molecular weight excluding hydrogens is 204 g/mol. The zero-order chi connectivity index (χ0) is 9.94. The molecule has 0 unspecified atom stereocenters. The molecule has 2 nitrogen and oxygen atoms in total. The van der Waals surface area contributed by atoms with Crippen LogP contribution in [0.15, 0.2) is 11.5 Å². The molecule has 0 spiro atoms. The molecule has 2 N–H and O–H groups in total. The van der Waals surface area contributed by atoms with E-state index < -0.39 is 0 Å². The molecule has 0 aliphatic heterocycles. The number of aliphatic hydroxyl groups is 2. The number of hydrogen-bond donors (Lipinski definition) is 2. The standard InChI is InChI=1S/C9H18O2S2/c1-9(8-11)13-6-3-2-5-12-7-4-10/h10-11H,1-8H2. The molecule has 0 aromatic rings. The fourth-order valence-corrected chi connectivity index (χ4v) is 2.20. The highest BCUT2D eigenvalue weighted by atomic mass is 32.2. The van der Waals surface area contributed by atoms with E-state index in [0.29, 0.717) is 0 Å². The average molecular weight is 222 g/mol. The number of hydrogen-bond acceptors (Lipinski definition) is 4. The maximum absolute atomic E-state index is 8.66. The van der Waals surface area contributed by atoms with E-state index in [9.17, 15) is 0 Å². The molecule has 0 fully saturated rings. The molecule has 0 aromatic heterocycles. The third kappa shape index (κ3) is 10.3. The van der Waals surface area contributed by atoms with Crippen LogP contribution in [0.1, 0.15) is 12.8 Å². The van der Waals surface area contributed by atoms with Crippen LogP contribution in [0.3, 0.4) is 0 Å². The van der Waals surface area contributed by atoms with E-state index in [-0.39, 0.29) is 13.2 Å². The summed E-state index contributed by atoms with van der Waals surface area (Å²) in [5.41, 5.74) is 0. The maximum Gasteiger partial charge on any atom is 0.0734 e. The molecule has 0 rings (SSSR count). The smallest absolute Gasteiger partial charge is 0.0734 e. The van der Waals surface area contributed by atoms with Gasteiger partial charge in [0.15, 0.2) is 0 Å². The largest absolute Gasteiger partial charge is 0.396 e. The first-order valence-corrected chi connectivity index (χ1v) is 6.55. The Morgan fingerprint density at radius 1 is 1.08 bits per heavy atom. The van der Waals surface area contributed by atoms with Crippen molar-refractivity contribution in [3.63, 3.8) is 0 Å². The molecule has 0 saturated heterocycles. The fourth-order valence-electron chi connectivity index (χ4n) is 0.735. The normalized spacial score (nSPS) is 10.3. The van der Waals surface area contributed by atoms with Crippen LogP contribution in [0.25, 0.3) is 0 Å². The van der Waals surface area contributed by atoms with E-state index in [1.807, 2.05) is 0 Å². The second-order valence-electron chi connectivity index (χ2n) is 2.59. The molecule has 0 bridgehead atoms. The molecule has 0 aromatic carbocycles. The molecular formula is C9H18O2S2. The number of aliphatic hydroxyl groups excluding tert-OH is 2. The van der Waals surface area contributed by atoms with Crippen molar-refractivity contribution in [1.29, 1.82) is 0 Å². The second kappa shape index (κ2) is 10.4. The number of thioether (sulfide) groups is 2. The molecule has 0 saturated carbocycles. The molecule has 0 aliphatic carbocycles. The van der Waals surface area contributed by atoms with Crippen LogP contribution in [0.2, 0.25) is 0 Å². The summed E-state index contributed by atoms with van der Waals surface area (Å²) in [5, 5.41) is 17.2. The summed E-state index contributed by atoms with van der Waals surface area (Å²) in [7, 11) is 0. The topological polar surface area (TPSA) is 40.5 Å². The van der Waals surface area contributed by atoms with Crippen LogP contribution in [0.5, 0.6) is 0 Å². The average Bonchev–Trinajstić information content (AvgIpc) is 2.16. The van der Waals surface area contributed by atoms with Crippen LogP contribution in [-0.2, 0) is 0 Å². The molecule has 0 atom stereocenters. The van der Waals surface area contributed by atoms with Crippen molar-refractivity contribution in [2.45, 2.75) is 12.8 Å². The first-order chi connectivity index (χ1) is 6.31. The summed E-state index contributed by atoms with van der Waals surface area (Å²) in [6.45, 7) is 4.06. The number of unbranched alkanes of at least 4 members (excludes halogenated alkanes) is 1. The minimum atomic E-state index is 0.0872. The summed E-state index contributed by atoms with van der Waals surface area (Å²) < 4.78 is 0. The predicted octanol–water partition coefficient (Wildman–Crippen LogP) is 1.73. The highest BCUT2D eigenvalue weighted by Gasteiger charge is 1.93. The van der Waals surface area contributed by atoms with E-state index >= 15 is 0 Å². The van der Waals surface area contributed by atoms with Gasteiger partial charge in [-0.25, -0.2) is 0 Å². The predicted molar refractivity (Wildman–Crippen MR) is 62.3 cm³/mol. The van der Waals surface area contributed by atoms with Crippen LogP contribution >= 0.6 is 23.5 Å². The molecule has 13 heavy (non-hydrogen) atoms. The lowest BCUT2D eigenvalue weighted by Gasteiger charge is -2.01. The van der Waals surface area contributed by atoms with Gasteiger partial charge in [0.25, 0.3) is 0 Å². The Kier molecular flexibility index (Phi) is 10.7. The molecule has 0 amide bonds. The molecule has 0 aliphatic rings. The first-order valence-electron chi connectivity index (χ1n) is 4.41. The lowest BCUT2D eigenvalue weighted by atomic mass is 10.4. The minimum absolute atomic E-state index is 0.0872. The van der Waals surface area contributed by atoms with Crippen molar-refractivity contribution in [3.8, 4) is 0 Å². The van der Waals surface area contributed by atoms with Crippen molar-refractivity contribution < 1.29 is 10.2 Å². The zero-order valence-electron chi connectivity index (χ0n) is 7.87. The SMILES string of the molecule is C=C(CO)SCCCCSCCO. The highest BCUT2D eigenvalue weighted by Crippen LogP contribution is 2.15. The summed E-state index contributed by atoms with van der Waals surface area (Å²) in [4.78, 5) is 0.850. The molecule has 0 heterocycles. The van der Waals surface area contributed by atoms with Crippen LogP contribution in [0, 0.1) is 0 Å². The lowest BCUT2D eigenvalue weighted by Crippen LogP contribution is -1.90. The van der Waals surface area contributed by atoms with Gasteiger partial charge in [0.2, 0.25) is 0 Å². The monoisotopic (exact) mass is 222 g/mol. The van der Waals surface area contributed by atoms with Gasteiger partial charge < -0.3 is 10.2 Å². The Hall–Kier alpha value is 0.360. The van der Waals surface area contributed by atoms with Gasteiger partial charge in [-0.15, -0.1) is 11.8 Å². The Bertz CT molecular complexity index is 129. The second-order valence-corrected chi connectivity index (χ2v) is 5.09. The molecule has 78 valence electrons. The third-order valence-electron chi connectivity index (χ3n) is 1.40. The minimum Gasteiger partial charge on any atom is -0.396 e. The van der Waals surface area contributed by atoms with Crippen molar-refractivity contribution >= 4 is 23.5 Å². The lowest BCUT2D eigenvalue weighted by molar-refractivity contribution is 0.322. The summed E-state index contributed by atoms with van der Waals surface area (Å²) in [6, 6.07) is 0. The van der Waals surface area contributed by atoms with Gasteiger partial charge in [0, 0.05) is 10.7 Å². The van der Waals surface area contributed by atoms with Crippen molar-refractivity contribution in [2.75, 3.05) is 30.5 Å². The molecule has 4 heteroatoms. The first kappa shape index (κ1) is 13.4. The van der Waals surface area contributed by atoms with Gasteiger partial charge in [-0.05, 0) is 24.3 Å². The third-order valence-corrected chi connectivity index (χ3v) is 3.48. The van der Waals surface area contributed by atoms with Crippen LogP contribution in [-0.4, -0.2) is 40.7 Å². The van der Waals surface area contributed by atoms with E-state index in [4.69, 9.17) is 10.2 Å². The van der Waals surface area contributed by atoms with Gasteiger partial charge >= 0.3 is 0 Å². The van der Waals surface area contributed by atoms with E-state index in [0.717, 1.165) is 28.6 Å². The van der Waals surface area contributed by atoms with E-state index in [2.05, 4.69) is 6.58 Å². The van der Waals surface area contributed by atoms with E-state index in [1.54, 1.807) is 23.5 Å².